The number of nitrogens with two attached hydrogens (primary N) is 1. The number of thioether (sulfide) groups is 1. The van der Waals surface area contributed by atoms with Crippen LogP contribution in [0, 0.1) is 5.92 Å². The second-order valence-corrected chi connectivity index (χ2v) is 4.87. The maximum Gasteiger partial charge on any atom is 0.0465 e. The first kappa shape index (κ1) is 13.6. The number of hydrogen-bond acceptors (Lipinski definition) is 3. The normalized spacial score (nSPS) is 14.8. The topological polar surface area (TPSA) is 35.2 Å². The van der Waals surface area contributed by atoms with Gasteiger partial charge in [-0.2, -0.15) is 0 Å². The maximum atomic E-state index is 6.29. The Morgan fingerprint density at radius 2 is 2.06 bits per heavy atom. The number of rotatable bonds is 6. The minimum Gasteiger partial charge on any atom is -0.385 e. The third-order valence-corrected chi connectivity index (χ3v) is 3.70. The van der Waals surface area contributed by atoms with E-state index < -0.39 is 0 Å². The summed E-state index contributed by atoms with van der Waals surface area (Å²) < 4.78 is 5.09. The van der Waals surface area contributed by atoms with Crippen LogP contribution in [0.4, 0.5) is 0 Å². The van der Waals surface area contributed by atoms with Crippen molar-refractivity contribution in [2.45, 2.75) is 24.3 Å². The van der Waals surface area contributed by atoms with Crippen molar-refractivity contribution in [2.75, 3.05) is 20.0 Å². The van der Waals surface area contributed by atoms with Gasteiger partial charge in [-0.1, -0.05) is 25.1 Å². The van der Waals surface area contributed by atoms with Crippen molar-refractivity contribution in [1.82, 2.24) is 0 Å². The van der Waals surface area contributed by atoms with E-state index in [-0.39, 0.29) is 6.04 Å². The molecule has 16 heavy (non-hydrogen) atoms. The van der Waals surface area contributed by atoms with E-state index in [9.17, 15) is 0 Å². The van der Waals surface area contributed by atoms with Gasteiger partial charge in [0.05, 0.1) is 0 Å². The van der Waals surface area contributed by atoms with Gasteiger partial charge in [0.2, 0.25) is 0 Å². The number of benzene rings is 1. The molecular weight excluding hydrogens is 218 g/mol. The molecule has 0 fully saturated rings. The minimum absolute atomic E-state index is 0.0961. The van der Waals surface area contributed by atoms with Gasteiger partial charge in [-0.05, 0) is 30.2 Å². The van der Waals surface area contributed by atoms with Crippen molar-refractivity contribution < 1.29 is 4.74 Å². The van der Waals surface area contributed by atoms with Crippen LogP contribution in [0.25, 0.3) is 0 Å². The zero-order valence-corrected chi connectivity index (χ0v) is 11.1. The average molecular weight is 239 g/mol. The molecule has 2 atom stereocenters. The monoisotopic (exact) mass is 239 g/mol. The second kappa shape index (κ2) is 6.94. The van der Waals surface area contributed by atoms with Crippen molar-refractivity contribution >= 4 is 11.8 Å². The summed E-state index contributed by atoms with van der Waals surface area (Å²) in [6.45, 7) is 2.96. The molecule has 3 heteroatoms. The second-order valence-electron chi connectivity index (χ2n) is 4.03. The standard InChI is InChI=1S/C13H21NOS/c1-10(8-9-15-2)13(14)11-6-4-5-7-12(11)16-3/h4-7,10,13H,8-9,14H2,1-3H3. The van der Waals surface area contributed by atoms with Crippen molar-refractivity contribution in [3.8, 4) is 0 Å². The fraction of sp³-hybridized carbons (Fsp3) is 0.538. The van der Waals surface area contributed by atoms with Crippen LogP contribution in [-0.2, 0) is 4.74 Å². The molecule has 2 unspecified atom stereocenters. The fourth-order valence-corrected chi connectivity index (χ4v) is 2.39. The molecular formula is C13H21NOS. The average Bonchev–Trinajstić information content (AvgIpc) is 2.34. The number of methoxy groups -OCH3 is 1. The van der Waals surface area contributed by atoms with Crippen LogP contribution in [-0.4, -0.2) is 20.0 Å². The van der Waals surface area contributed by atoms with Gasteiger partial charge in [-0.15, -0.1) is 11.8 Å². The summed E-state index contributed by atoms with van der Waals surface area (Å²) >= 11 is 1.75. The summed E-state index contributed by atoms with van der Waals surface area (Å²) in [5.41, 5.74) is 7.54. The van der Waals surface area contributed by atoms with Crippen LogP contribution in [0.15, 0.2) is 29.2 Å². The zero-order valence-electron chi connectivity index (χ0n) is 10.3. The Hall–Kier alpha value is -0.510. The summed E-state index contributed by atoms with van der Waals surface area (Å²) in [4.78, 5) is 1.28. The predicted octanol–water partition coefficient (Wildman–Crippen LogP) is 3.08. The molecule has 0 spiro atoms. The number of hydrogen-bond donors (Lipinski definition) is 1. The van der Waals surface area contributed by atoms with Crippen LogP contribution >= 0.6 is 11.8 Å². The van der Waals surface area contributed by atoms with Crippen molar-refractivity contribution in [2.24, 2.45) is 11.7 Å². The van der Waals surface area contributed by atoms with E-state index in [0.29, 0.717) is 5.92 Å². The van der Waals surface area contributed by atoms with Crippen LogP contribution in [0.2, 0.25) is 0 Å². The van der Waals surface area contributed by atoms with E-state index in [4.69, 9.17) is 10.5 Å². The highest BCUT2D eigenvalue weighted by Crippen LogP contribution is 2.29. The first-order valence-electron chi connectivity index (χ1n) is 5.58. The van der Waals surface area contributed by atoms with E-state index in [1.165, 1.54) is 10.5 Å². The molecule has 1 aromatic carbocycles. The number of ether oxygens (including phenoxy) is 1. The summed E-state index contributed by atoms with van der Waals surface area (Å²) in [6, 6.07) is 8.46. The Bertz CT molecular complexity index is 317. The van der Waals surface area contributed by atoms with E-state index in [1.54, 1.807) is 18.9 Å². The Labute approximate surface area is 103 Å². The molecule has 2 N–H and O–H groups in total. The molecule has 1 aromatic rings. The van der Waals surface area contributed by atoms with Gasteiger partial charge < -0.3 is 10.5 Å². The third kappa shape index (κ3) is 3.51. The Morgan fingerprint density at radius 3 is 2.69 bits per heavy atom. The Kier molecular flexibility index (Phi) is 5.88. The van der Waals surface area contributed by atoms with E-state index in [1.807, 2.05) is 0 Å². The van der Waals surface area contributed by atoms with Gasteiger partial charge >= 0.3 is 0 Å². The van der Waals surface area contributed by atoms with E-state index in [2.05, 4.69) is 37.4 Å². The molecule has 0 aromatic heterocycles. The van der Waals surface area contributed by atoms with Crippen molar-refractivity contribution in [3.05, 3.63) is 29.8 Å². The molecule has 2 nitrogen and oxygen atoms in total. The van der Waals surface area contributed by atoms with E-state index in [0.717, 1.165) is 13.0 Å². The van der Waals surface area contributed by atoms with E-state index >= 15 is 0 Å². The molecule has 0 aliphatic rings. The van der Waals surface area contributed by atoms with Crippen molar-refractivity contribution in [1.29, 1.82) is 0 Å². The van der Waals surface area contributed by atoms with Gasteiger partial charge in [0, 0.05) is 24.7 Å². The molecule has 1 rings (SSSR count). The van der Waals surface area contributed by atoms with Gasteiger partial charge in [-0.25, -0.2) is 0 Å². The lowest BCUT2D eigenvalue weighted by Crippen LogP contribution is -2.21. The molecule has 0 saturated carbocycles. The predicted molar refractivity (Wildman–Crippen MR) is 70.8 cm³/mol. The van der Waals surface area contributed by atoms with Gasteiger partial charge in [0.15, 0.2) is 0 Å². The van der Waals surface area contributed by atoms with Crippen LogP contribution in [0.5, 0.6) is 0 Å². The Balaban J connectivity index is 2.74. The SMILES string of the molecule is COCCC(C)C(N)c1ccccc1SC. The lowest BCUT2D eigenvalue weighted by Gasteiger charge is -2.22. The summed E-state index contributed by atoms with van der Waals surface area (Å²) in [5.74, 6) is 0.438. The van der Waals surface area contributed by atoms with Gasteiger partial charge in [0.25, 0.3) is 0 Å². The molecule has 0 saturated heterocycles. The zero-order chi connectivity index (χ0) is 12.0. The summed E-state index contributed by atoms with van der Waals surface area (Å²) in [6.07, 6.45) is 3.09. The van der Waals surface area contributed by atoms with Gasteiger partial charge in [0.1, 0.15) is 0 Å². The van der Waals surface area contributed by atoms with Crippen LogP contribution in [0.3, 0.4) is 0 Å². The van der Waals surface area contributed by atoms with Crippen molar-refractivity contribution in [3.63, 3.8) is 0 Å². The molecule has 0 heterocycles. The lowest BCUT2D eigenvalue weighted by molar-refractivity contribution is 0.174. The highest BCUT2D eigenvalue weighted by molar-refractivity contribution is 7.98. The molecule has 0 bridgehead atoms. The van der Waals surface area contributed by atoms with Crippen LogP contribution < -0.4 is 5.73 Å². The quantitative estimate of drug-likeness (QED) is 0.775. The summed E-state index contributed by atoms with van der Waals surface area (Å²) in [5, 5.41) is 0. The highest BCUT2D eigenvalue weighted by atomic mass is 32.2. The maximum absolute atomic E-state index is 6.29. The first-order valence-corrected chi connectivity index (χ1v) is 6.80. The third-order valence-electron chi connectivity index (χ3n) is 2.89. The van der Waals surface area contributed by atoms with Crippen LogP contribution in [0.1, 0.15) is 24.9 Å². The molecule has 0 radical (unpaired) electrons. The first-order chi connectivity index (χ1) is 7.70. The highest BCUT2D eigenvalue weighted by Gasteiger charge is 2.17. The Morgan fingerprint density at radius 1 is 1.38 bits per heavy atom. The minimum atomic E-state index is 0.0961. The fourth-order valence-electron chi connectivity index (χ4n) is 1.73. The smallest absolute Gasteiger partial charge is 0.0465 e. The molecule has 0 amide bonds. The lowest BCUT2D eigenvalue weighted by atomic mass is 9.93. The largest absolute Gasteiger partial charge is 0.385 e. The molecule has 90 valence electrons. The molecule has 0 aliphatic carbocycles. The van der Waals surface area contributed by atoms with Gasteiger partial charge in [-0.3, -0.25) is 0 Å². The molecule has 0 aliphatic heterocycles. The summed E-state index contributed by atoms with van der Waals surface area (Å²) in [7, 11) is 1.73.